The molecule has 0 spiro atoms. The number of quaternary nitrogens is 1. The molecule has 7 nitrogen and oxygen atoms in total. The Kier molecular flexibility index (Phi) is 6.09. The van der Waals surface area contributed by atoms with E-state index in [4.69, 9.17) is 14.2 Å². The predicted octanol–water partition coefficient (Wildman–Crippen LogP) is 3.44. The number of methoxy groups -OCH3 is 3. The lowest BCUT2D eigenvalue weighted by atomic mass is 9.66. The summed E-state index contributed by atoms with van der Waals surface area (Å²) in [6, 6.07) is 14.7. The molecule has 2 heterocycles. The number of nitrogens with one attached hydrogen (secondary N) is 1. The SMILES string of the molecule is COc1ccc([C@H]2[C@H](C(=O)C(C)(C)C)[NH+]3C=Cc4ccccc4[C@H]3C2(C#N)C#N)c(OC)c1OC. The number of hydrogen-bond donors (Lipinski definition) is 1. The summed E-state index contributed by atoms with van der Waals surface area (Å²) in [7, 11) is 4.54. The molecule has 7 heteroatoms. The van der Waals surface area contributed by atoms with Gasteiger partial charge < -0.3 is 14.2 Å². The van der Waals surface area contributed by atoms with Crippen LogP contribution in [-0.4, -0.2) is 33.2 Å². The maximum atomic E-state index is 14.0. The van der Waals surface area contributed by atoms with Crippen LogP contribution in [-0.2, 0) is 4.79 Å². The van der Waals surface area contributed by atoms with Crippen LogP contribution in [0.4, 0.5) is 0 Å². The molecule has 0 amide bonds. The second-order valence-electron chi connectivity index (χ2n) is 9.98. The quantitative estimate of drug-likeness (QED) is 0.716. The number of ether oxygens (including phenoxy) is 3. The fourth-order valence-corrected chi connectivity index (χ4v) is 5.67. The Balaban J connectivity index is 2.09. The van der Waals surface area contributed by atoms with Gasteiger partial charge in [0.2, 0.25) is 11.2 Å². The fraction of sp³-hybridized carbons (Fsp3) is 0.393. The van der Waals surface area contributed by atoms with Crippen molar-refractivity contribution in [1.29, 1.82) is 10.5 Å². The number of fused-ring (bicyclic) bond motifs is 3. The minimum atomic E-state index is -1.55. The number of benzene rings is 2. The molecule has 0 saturated carbocycles. The first kappa shape index (κ1) is 24.3. The lowest BCUT2D eigenvalue weighted by Gasteiger charge is -2.31. The highest BCUT2D eigenvalue weighted by atomic mass is 16.5. The van der Waals surface area contributed by atoms with Crippen molar-refractivity contribution in [1.82, 2.24) is 0 Å². The molecule has 2 aromatic rings. The second-order valence-corrected chi connectivity index (χ2v) is 9.98. The average Bonchev–Trinajstić information content (AvgIpc) is 3.17. The zero-order valence-corrected chi connectivity index (χ0v) is 20.9. The van der Waals surface area contributed by atoms with Gasteiger partial charge in [-0.15, -0.1) is 0 Å². The zero-order chi connectivity index (χ0) is 25.5. The molecule has 2 aliphatic heterocycles. The van der Waals surface area contributed by atoms with E-state index >= 15 is 0 Å². The molecule has 0 aliphatic carbocycles. The van der Waals surface area contributed by atoms with Crippen LogP contribution in [0.1, 0.15) is 49.4 Å². The fourth-order valence-electron chi connectivity index (χ4n) is 5.67. The molecule has 2 aliphatic rings. The minimum Gasteiger partial charge on any atom is -0.493 e. The molecule has 0 bridgehead atoms. The second kappa shape index (κ2) is 8.76. The van der Waals surface area contributed by atoms with E-state index in [2.05, 4.69) is 12.1 Å². The van der Waals surface area contributed by atoms with Crippen molar-refractivity contribution in [3.05, 3.63) is 59.3 Å². The molecule has 0 aromatic heterocycles. The van der Waals surface area contributed by atoms with Gasteiger partial charge in [-0.1, -0.05) is 51.1 Å². The number of carbonyl (C=O) groups is 1. The van der Waals surface area contributed by atoms with Gasteiger partial charge >= 0.3 is 0 Å². The van der Waals surface area contributed by atoms with Crippen molar-refractivity contribution in [3.8, 4) is 29.4 Å². The number of Topliss-reactive ketones (excluding diaryl/α,β-unsaturated/α-hetero) is 1. The number of nitriles is 2. The molecule has 180 valence electrons. The van der Waals surface area contributed by atoms with Gasteiger partial charge in [-0.05, 0) is 17.7 Å². The zero-order valence-electron chi connectivity index (χ0n) is 20.9. The van der Waals surface area contributed by atoms with E-state index in [1.807, 2.05) is 57.3 Å². The summed E-state index contributed by atoms with van der Waals surface area (Å²) in [6.45, 7) is 5.60. The van der Waals surface area contributed by atoms with Crippen molar-refractivity contribution < 1.29 is 23.9 Å². The summed E-state index contributed by atoms with van der Waals surface area (Å²) >= 11 is 0. The van der Waals surface area contributed by atoms with Gasteiger partial charge in [-0.3, -0.25) is 9.69 Å². The normalized spacial score (nSPS) is 23.9. The van der Waals surface area contributed by atoms with E-state index in [0.717, 1.165) is 16.0 Å². The van der Waals surface area contributed by atoms with Crippen LogP contribution in [0.15, 0.2) is 42.6 Å². The highest BCUT2D eigenvalue weighted by Gasteiger charge is 2.69. The summed E-state index contributed by atoms with van der Waals surface area (Å²) in [5.41, 5.74) is 0.147. The lowest BCUT2D eigenvalue weighted by molar-refractivity contribution is -0.885. The molecule has 4 atom stereocenters. The van der Waals surface area contributed by atoms with Crippen LogP contribution in [0.2, 0.25) is 0 Å². The van der Waals surface area contributed by atoms with Crippen molar-refractivity contribution >= 4 is 11.9 Å². The first-order valence-corrected chi connectivity index (χ1v) is 11.5. The van der Waals surface area contributed by atoms with Crippen LogP contribution in [0.3, 0.4) is 0 Å². The first-order valence-electron chi connectivity index (χ1n) is 11.5. The Labute approximate surface area is 206 Å². The Hall–Kier alpha value is -3.81. The third kappa shape index (κ3) is 3.47. The van der Waals surface area contributed by atoms with Gasteiger partial charge in [0.1, 0.15) is 0 Å². The Bertz CT molecular complexity index is 1260. The molecule has 1 saturated heterocycles. The van der Waals surface area contributed by atoms with Gasteiger partial charge in [0.15, 0.2) is 29.4 Å². The summed E-state index contributed by atoms with van der Waals surface area (Å²) in [5.74, 6) is 0.357. The number of rotatable bonds is 5. The molecular weight excluding hydrogens is 442 g/mol. The van der Waals surface area contributed by atoms with E-state index in [0.29, 0.717) is 22.8 Å². The maximum absolute atomic E-state index is 14.0. The summed E-state index contributed by atoms with van der Waals surface area (Å²) in [6.07, 6.45) is 3.90. The molecule has 35 heavy (non-hydrogen) atoms. The van der Waals surface area contributed by atoms with Gasteiger partial charge in [0, 0.05) is 16.5 Å². The van der Waals surface area contributed by atoms with Crippen molar-refractivity contribution in [2.45, 2.75) is 38.8 Å². The van der Waals surface area contributed by atoms with E-state index in [1.54, 1.807) is 12.1 Å². The molecule has 2 aromatic carbocycles. The molecule has 1 fully saturated rings. The van der Waals surface area contributed by atoms with Crippen LogP contribution >= 0.6 is 0 Å². The number of nitrogens with zero attached hydrogens (tertiary/aromatic N) is 2. The number of ketones is 1. The van der Waals surface area contributed by atoms with Crippen LogP contribution in [0, 0.1) is 33.5 Å². The highest BCUT2D eigenvalue weighted by Crippen LogP contribution is 2.56. The van der Waals surface area contributed by atoms with Crippen LogP contribution in [0.5, 0.6) is 17.2 Å². The molecular formula is C28H30N3O4+. The van der Waals surface area contributed by atoms with Crippen molar-refractivity contribution in [2.24, 2.45) is 10.8 Å². The van der Waals surface area contributed by atoms with E-state index < -0.39 is 28.8 Å². The molecule has 1 N–H and O–H groups in total. The van der Waals surface area contributed by atoms with Crippen LogP contribution < -0.4 is 19.1 Å². The molecule has 0 radical (unpaired) electrons. The Morgan fingerprint density at radius 2 is 1.60 bits per heavy atom. The maximum Gasteiger partial charge on any atom is 0.212 e. The topological polar surface area (TPSA) is 96.8 Å². The van der Waals surface area contributed by atoms with E-state index in [-0.39, 0.29) is 5.78 Å². The van der Waals surface area contributed by atoms with Crippen molar-refractivity contribution in [3.63, 3.8) is 0 Å². The lowest BCUT2D eigenvalue weighted by Crippen LogP contribution is -3.12. The van der Waals surface area contributed by atoms with Gasteiger partial charge in [-0.2, -0.15) is 10.5 Å². The third-order valence-electron chi connectivity index (χ3n) is 7.20. The Morgan fingerprint density at radius 1 is 0.943 bits per heavy atom. The van der Waals surface area contributed by atoms with Gasteiger partial charge in [0.25, 0.3) is 0 Å². The van der Waals surface area contributed by atoms with Gasteiger partial charge in [-0.25, -0.2) is 0 Å². The summed E-state index contributed by atoms with van der Waals surface area (Å²) < 4.78 is 16.8. The highest BCUT2D eigenvalue weighted by molar-refractivity contribution is 5.90. The number of hydrogen-bond acceptors (Lipinski definition) is 6. The number of carbonyl (C=O) groups excluding carboxylic acids is 1. The average molecular weight is 473 g/mol. The first-order chi connectivity index (χ1) is 16.7. The van der Waals surface area contributed by atoms with Crippen LogP contribution in [0.25, 0.3) is 6.08 Å². The van der Waals surface area contributed by atoms with E-state index in [9.17, 15) is 15.3 Å². The third-order valence-corrected chi connectivity index (χ3v) is 7.20. The van der Waals surface area contributed by atoms with Gasteiger partial charge in [0.05, 0.1) is 45.6 Å². The predicted molar refractivity (Wildman–Crippen MR) is 130 cm³/mol. The standard InChI is InChI=1S/C28H29N3O4/c1-27(2,3)26(32)22-21(19-11-12-20(33-4)24(35-6)23(19)34-5)28(15-29,16-30)25-18-10-8-7-9-17(18)13-14-31(22)25/h7-14,21-22,25H,1-6H3/p+1/t21-,22+,25-/m0/s1. The van der Waals surface area contributed by atoms with E-state index in [1.165, 1.54) is 21.3 Å². The molecule has 4 rings (SSSR count). The molecule has 1 unspecified atom stereocenters. The Morgan fingerprint density at radius 3 is 2.17 bits per heavy atom. The smallest absolute Gasteiger partial charge is 0.212 e. The summed E-state index contributed by atoms with van der Waals surface area (Å²) in [4.78, 5) is 14.8. The monoisotopic (exact) mass is 472 g/mol. The largest absolute Gasteiger partial charge is 0.493 e. The van der Waals surface area contributed by atoms with Crippen molar-refractivity contribution in [2.75, 3.05) is 21.3 Å². The summed E-state index contributed by atoms with van der Waals surface area (Å²) in [5, 5.41) is 21.4. The minimum absolute atomic E-state index is 0.0317.